The summed E-state index contributed by atoms with van der Waals surface area (Å²) in [5, 5.41) is 4.01. The number of hydrogen-bond donors (Lipinski definition) is 0. The largest absolute Gasteiger partial charge is 0.434 e. The Hall–Kier alpha value is -2.63. The standard InChI is InChI=1S/C19H16F3N3/c20-19(21,22)18-16(12-24-25(18)15-7-2-1-3-8-15)14-10-13-6-4-5-9-17(13)23-11-14/h1-3,7-8,10-12H,4-6,9H2. The first-order valence-corrected chi connectivity index (χ1v) is 8.23. The number of pyridine rings is 1. The van der Waals surface area contributed by atoms with Crippen molar-refractivity contribution in [2.24, 2.45) is 0 Å². The van der Waals surface area contributed by atoms with Gasteiger partial charge in [-0.15, -0.1) is 0 Å². The minimum atomic E-state index is -4.52. The van der Waals surface area contributed by atoms with Gasteiger partial charge in [0.1, 0.15) is 0 Å². The summed E-state index contributed by atoms with van der Waals surface area (Å²) in [6, 6.07) is 10.2. The quantitative estimate of drug-likeness (QED) is 0.667. The maximum atomic E-state index is 13.8. The van der Waals surface area contributed by atoms with Gasteiger partial charge in [-0.25, -0.2) is 4.68 Å². The minimum absolute atomic E-state index is 0.0669. The van der Waals surface area contributed by atoms with E-state index < -0.39 is 11.9 Å². The molecule has 1 aromatic carbocycles. The van der Waals surface area contributed by atoms with Gasteiger partial charge in [0.2, 0.25) is 0 Å². The summed E-state index contributed by atoms with van der Waals surface area (Å²) in [5.74, 6) is 0. The second kappa shape index (κ2) is 6.02. The summed E-state index contributed by atoms with van der Waals surface area (Å²) < 4.78 is 42.3. The topological polar surface area (TPSA) is 30.7 Å². The first-order chi connectivity index (χ1) is 12.0. The van der Waals surface area contributed by atoms with E-state index in [1.54, 1.807) is 30.3 Å². The van der Waals surface area contributed by atoms with Crippen LogP contribution in [0.3, 0.4) is 0 Å². The monoisotopic (exact) mass is 343 g/mol. The summed E-state index contributed by atoms with van der Waals surface area (Å²) in [6.45, 7) is 0. The van der Waals surface area contributed by atoms with Crippen molar-refractivity contribution in [1.82, 2.24) is 14.8 Å². The molecule has 3 nitrogen and oxygen atoms in total. The lowest BCUT2D eigenvalue weighted by atomic mass is 9.94. The number of aryl methyl sites for hydroxylation is 2. The second-order valence-electron chi connectivity index (χ2n) is 6.19. The van der Waals surface area contributed by atoms with E-state index in [-0.39, 0.29) is 5.56 Å². The van der Waals surface area contributed by atoms with E-state index in [1.165, 1.54) is 12.4 Å². The lowest BCUT2D eigenvalue weighted by molar-refractivity contribution is -0.142. The van der Waals surface area contributed by atoms with Gasteiger partial charge in [-0.3, -0.25) is 4.98 Å². The highest BCUT2D eigenvalue weighted by atomic mass is 19.4. The van der Waals surface area contributed by atoms with Crippen molar-refractivity contribution in [3.8, 4) is 16.8 Å². The summed E-state index contributed by atoms with van der Waals surface area (Å²) in [6.07, 6.45) is 2.19. The SMILES string of the molecule is FC(F)(F)c1c(-c2cnc3c(c2)CCCC3)cnn1-c1ccccc1. The van der Waals surface area contributed by atoms with Crippen LogP contribution in [0.4, 0.5) is 13.2 Å². The van der Waals surface area contributed by atoms with Crippen LogP contribution in [-0.2, 0) is 19.0 Å². The third-order valence-electron chi connectivity index (χ3n) is 4.52. The lowest BCUT2D eigenvalue weighted by Gasteiger charge is -2.16. The Morgan fingerprint density at radius 3 is 2.48 bits per heavy atom. The molecule has 6 heteroatoms. The Morgan fingerprint density at radius 2 is 1.72 bits per heavy atom. The van der Waals surface area contributed by atoms with E-state index in [0.717, 1.165) is 41.6 Å². The smallest absolute Gasteiger partial charge is 0.260 e. The van der Waals surface area contributed by atoms with Gasteiger partial charge in [-0.1, -0.05) is 18.2 Å². The second-order valence-corrected chi connectivity index (χ2v) is 6.19. The van der Waals surface area contributed by atoms with Gasteiger partial charge in [0.15, 0.2) is 5.69 Å². The van der Waals surface area contributed by atoms with Gasteiger partial charge in [-0.2, -0.15) is 18.3 Å². The first-order valence-electron chi connectivity index (χ1n) is 8.23. The number of fused-ring (bicyclic) bond motifs is 1. The molecule has 0 saturated heterocycles. The van der Waals surface area contributed by atoms with E-state index >= 15 is 0 Å². The molecule has 1 aliphatic rings. The summed E-state index contributed by atoms with van der Waals surface area (Å²) >= 11 is 0. The number of alkyl halides is 3. The van der Waals surface area contributed by atoms with E-state index in [2.05, 4.69) is 10.1 Å². The van der Waals surface area contributed by atoms with Crippen LogP contribution in [0.1, 0.15) is 29.8 Å². The van der Waals surface area contributed by atoms with E-state index in [4.69, 9.17) is 0 Å². The molecule has 128 valence electrons. The predicted octanol–water partition coefficient (Wildman–Crippen LogP) is 4.83. The molecule has 0 radical (unpaired) electrons. The molecule has 0 N–H and O–H groups in total. The van der Waals surface area contributed by atoms with E-state index in [1.807, 2.05) is 6.07 Å². The van der Waals surface area contributed by atoms with Gasteiger partial charge in [0.25, 0.3) is 0 Å². The molecule has 0 unspecified atom stereocenters. The summed E-state index contributed by atoms with van der Waals surface area (Å²) in [7, 11) is 0. The lowest BCUT2D eigenvalue weighted by Crippen LogP contribution is -2.14. The highest BCUT2D eigenvalue weighted by Gasteiger charge is 2.39. The number of rotatable bonds is 2. The minimum Gasteiger partial charge on any atom is -0.260 e. The third-order valence-corrected chi connectivity index (χ3v) is 4.52. The van der Waals surface area contributed by atoms with Gasteiger partial charge >= 0.3 is 6.18 Å². The molecule has 1 aliphatic carbocycles. The molecule has 0 spiro atoms. The fraction of sp³-hybridized carbons (Fsp3) is 0.263. The summed E-state index contributed by atoms with van der Waals surface area (Å²) in [5.41, 5.74) is 2.19. The molecule has 25 heavy (non-hydrogen) atoms. The van der Waals surface area contributed by atoms with Crippen LogP contribution in [0.25, 0.3) is 16.8 Å². The zero-order valence-electron chi connectivity index (χ0n) is 13.4. The highest BCUT2D eigenvalue weighted by Crippen LogP contribution is 2.39. The zero-order valence-corrected chi connectivity index (χ0v) is 13.4. The predicted molar refractivity (Wildman–Crippen MR) is 88.4 cm³/mol. The van der Waals surface area contributed by atoms with Gasteiger partial charge in [-0.05, 0) is 49.4 Å². The van der Waals surface area contributed by atoms with E-state index in [9.17, 15) is 13.2 Å². The van der Waals surface area contributed by atoms with Crippen LogP contribution in [0.5, 0.6) is 0 Å². The molecule has 0 amide bonds. The van der Waals surface area contributed by atoms with Crippen molar-refractivity contribution in [1.29, 1.82) is 0 Å². The average molecular weight is 343 g/mol. The normalized spacial score (nSPS) is 14.4. The number of halogens is 3. The van der Waals surface area contributed by atoms with Crippen molar-refractivity contribution in [2.45, 2.75) is 31.9 Å². The molecule has 2 heterocycles. The molecule has 0 fully saturated rings. The first kappa shape index (κ1) is 15.9. The molecule has 0 saturated carbocycles. The van der Waals surface area contributed by atoms with Crippen molar-refractivity contribution >= 4 is 0 Å². The maximum absolute atomic E-state index is 13.8. The number of aromatic nitrogens is 3. The molecular weight excluding hydrogens is 327 g/mol. The van der Waals surface area contributed by atoms with Crippen LogP contribution < -0.4 is 0 Å². The number of benzene rings is 1. The number of nitrogens with zero attached hydrogens (tertiary/aromatic N) is 3. The Morgan fingerprint density at radius 1 is 0.960 bits per heavy atom. The molecule has 0 aliphatic heterocycles. The highest BCUT2D eigenvalue weighted by molar-refractivity contribution is 5.67. The number of para-hydroxylation sites is 1. The molecule has 0 bridgehead atoms. The van der Waals surface area contributed by atoms with Crippen LogP contribution >= 0.6 is 0 Å². The van der Waals surface area contributed by atoms with Crippen molar-refractivity contribution in [3.05, 3.63) is 65.7 Å². The van der Waals surface area contributed by atoms with Crippen LogP contribution in [-0.4, -0.2) is 14.8 Å². The van der Waals surface area contributed by atoms with Crippen molar-refractivity contribution < 1.29 is 13.2 Å². The fourth-order valence-electron chi connectivity index (χ4n) is 3.33. The Labute approximate surface area is 143 Å². The van der Waals surface area contributed by atoms with Gasteiger partial charge in [0, 0.05) is 23.0 Å². The molecular formula is C19H16F3N3. The Bertz CT molecular complexity index is 898. The Kier molecular flexibility index (Phi) is 3.82. The molecule has 3 aromatic rings. The molecule has 2 aromatic heterocycles. The van der Waals surface area contributed by atoms with Crippen LogP contribution in [0, 0.1) is 0 Å². The maximum Gasteiger partial charge on any atom is 0.434 e. The summed E-state index contributed by atoms with van der Waals surface area (Å²) in [4.78, 5) is 4.40. The van der Waals surface area contributed by atoms with E-state index in [0.29, 0.717) is 11.3 Å². The Balaban J connectivity index is 1.87. The van der Waals surface area contributed by atoms with Gasteiger partial charge < -0.3 is 0 Å². The number of hydrogen-bond acceptors (Lipinski definition) is 2. The van der Waals surface area contributed by atoms with Crippen molar-refractivity contribution in [3.63, 3.8) is 0 Å². The van der Waals surface area contributed by atoms with Crippen LogP contribution in [0.2, 0.25) is 0 Å². The average Bonchev–Trinajstić information content (AvgIpc) is 3.07. The fourth-order valence-corrected chi connectivity index (χ4v) is 3.33. The molecule has 4 rings (SSSR count). The third kappa shape index (κ3) is 2.92. The van der Waals surface area contributed by atoms with Gasteiger partial charge in [0.05, 0.1) is 11.9 Å². The zero-order chi connectivity index (χ0) is 17.4. The van der Waals surface area contributed by atoms with Crippen LogP contribution in [0.15, 0.2) is 48.8 Å². The molecule has 0 atom stereocenters. The van der Waals surface area contributed by atoms with Crippen molar-refractivity contribution in [2.75, 3.05) is 0 Å².